The van der Waals surface area contributed by atoms with Gasteiger partial charge in [0.1, 0.15) is 0 Å². The molecule has 0 bridgehead atoms. The van der Waals surface area contributed by atoms with Crippen molar-refractivity contribution in [2.45, 2.75) is 25.9 Å². The molecular formula is C27H23BrN4O2S. The molecule has 6 nitrogen and oxygen atoms in total. The van der Waals surface area contributed by atoms with Gasteiger partial charge in [-0.25, -0.2) is 0 Å². The molecule has 0 amide bonds. The highest BCUT2D eigenvalue weighted by Gasteiger charge is 2.42. The third kappa shape index (κ3) is 3.77. The zero-order chi connectivity index (χ0) is 24.1. The average molecular weight is 547 g/mol. The zero-order valence-electron chi connectivity index (χ0n) is 19.2. The van der Waals surface area contributed by atoms with E-state index in [1.165, 1.54) is 5.56 Å². The number of ether oxygens (including phenoxy) is 2. The molecule has 35 heavy (non-hydrogen) atoms. The minimum atomic E-state index is -0.118. The second-order valence-electron chi connectivity index (χ2n) is 8.67. The van der Waals surface area contributed by atoms with Crippen molar-refractivity contribution in [2.75, 3.05) is 11.7 Å². The molecule has 1 saturated heterocycles. The number of nitrogens with one attached hydrogen (secondary N) is 1. The highest BCUT2D eigenvalue weighted by Crippen LogP contribution is 2.46. The van der Waals surface area contributed by atoms with Crippen LogP contribution in [0.4, 0.5) is 5.69 Å². The maximum Gasteiger partial charge on any atom is 0.231 e. The second-order valence-corrected chi connectivity index (χ2v) is 9.97. The number of pyridine rings is 1. The van der Waals surface area contributed by atoms with Gasteiger partial charge in [0.05, 0.1) is 17.8 Å². The first-order chi connectivity index (χ1) is 17.0. The first-order valence-electron chi connectivity index (χ1n) is 11.4. The summed E-state index contributed by atoms with van der Waals surface area (Å²) < 4.78 is 14.5. The lowest BCUT2D eigenvalue weighted by Gasteiger charge is -2.28. The van der Waals surface area contributed by atoms with Gasteiger partial charge < -0.3 is 24.3 Å². The summed E-state index contributed by atoms with van der Waals surface area (Å²) in [6, 6.07) is 22.4. The van der Waals surface area contributed by atoms with Crippen LogP contribution in [0.1, 0.15) is 34.7 Å². The highest BCUT2D eigenvalue weighted by molar-refractivity contribution is 9.10. The molecular weight excluding hydrogens is 524 g/mol. The van der Waals surface area contributed by atoms with Gasteiger partial charge in [-0.3, -0.25) is 4.98 Å². The van der Waals surface area contributed by atoms with Crippen LogP contribution >= 0.6 is 28.1 Å². The Kier molecular flexibility index (Phi) is 5.50. The number of thiocarbonyl (C=S) groups is 1. The van der Waals surface area contributed by atoms with E-state index >= 15 is 0 Å². The van der Waals surface area contributed by atoms with E-state index in [1.807, 2.05) is 42.6 Å². The molecule has 0 saturated carbocycles. The summed E-state index contributed by atoms with van der Waals surface area (Å²) in [5.41, 5.74) is 6.51. The van der Waals surface area contributed by atoms with Gasteiger partial charge in [-0.15, -0.1) is 0 Å². The lowest BCUT2D eigenvalue weighted by Crippen LogP contribution is -2.29. The number of benzene rings is 2. The van der Waals surface area contributed by atoms with Crippen molar-refractivity contribution in [2.24, 2.45) is 0 Å². The van der Waals surface area contributed by atoms with Crippen LogP contribution in [0.3, 0.4) is 0 Å². The molecule has 2 aromatic carbocycles. The van der Waals surface area contributed by atoms with E-state index < -0.39 is 0 Å². The molecule has 1 N–H and O–H groups in total. The minimum absolute atomic E-state index is 0.104. The smallest absolute Gasteiger partial charge is 0.231 e. The minimum Gasteiger partial charge on any atom is -0.454 e. The average Bonchev–Trinajstić information content (AvgIpc) is 3.55. The quantitative estimate of drug-likeness (QED) is 0.309. The van der Waals surface area contributed by atoms with Crippen LogP contribution < -0.4 is 19.7 Å². The van der Waals surface area contributed by atoms with E-state index in [0.29, 0.717) is 5.11 Å². The number of fused-ring (bicyclic) bond motifs is 1. The number of hydrogen-bond acceptors (Lipinski definition) is 4. The normalized spacial score (nSPS) is 18.7. The first kappa shape index (κ1) is 22.1. The molecule has 6 rings (SSSR count). The Morgan fingerprint density at radius 1 is 0.971 bits per heavy atom. The van der Waals surface area contributed by atoms with E-state index in [-0.39, 0.29) is 18.9 Å². The van der Waals surface area contributed by atoms with Crippen molar-refractivity contribution in [3.8, 4) is 17.2 Å². The number of hydrogen-bond donors (Lipinski definition) is 1. The summed E-state index contributed by atoms with van der Waals surface area (Å²) in [4.78, 5) is 6.85. The summed E-state index contributed by atoms with van der Waals surface area (Å²) >= 11 is 9.44. The first-order valence-corrected chi connectivity index (χ1v) is 12.6. The molecule has 176 valence electrons. The van der Waals surface area contributed by atoms with Gasteiger partial charge in [-0.2, -0.15) is 0 Å². The van der Waals surface area contributed by atoms with E-state index in [1.54, 1.807) is 0 Å². The molecule has 4 heterocycles. The molecule has 0 radical (unpaired) electrons. The summed E-state index contributed by atoms with van der Waals surface area (Å²) in [7, 11) is 0. The number of nitrogens with zero attached hydrogens (tertiary/aromatic N) is 3. The van der Waals surface area contributed by atoms with Gasteiger partial charge in [0, 0.05) is 39.5 Å². The van der Waals surface area contributed by atoms with Gasteiger partial charge in [-0.1, -0.05) is 22.0 Å². The monoisotopic (exact) mass is 546 g/mol. The molecule has 1 fully saturated rings. The third-order valence-corrected chi connectivity index (χ3v) is 7.45. The topological polar surface area (TPSA) is 51.6 Å². The van der Waals surface area contributed by atoms with Gasteiger partial charge in [0.2, 0.25) is 6.79 Å². The van der Waals surface area contributed by atoms with Crippen molar-refractivity contribution in [1.82, 2.24) is 14.9 Å². The predicted octanol–water partition coefficient (Wildman–Crippen LogP) is 6.16. The van der Waals surface area contributed by atoms with Crippen LogP contribution in [0.25, 0.3) is 5.69 Å². The standard InChI is InChI=1S/C27H23BrN4O2S/c1-16-13-21(17(2)31(16)19-8-6-18(28)7-9-19)26-25(22-5-3-4-12-29-22)30-27(35)32(26)20-10-11-23-24(14-20)34-15-33-23/h3-14,25-26H,15H2,1-2H3,(H,30,35)/t25-,26-/m1/s1. The van der Waals surface area contributed by atoms with Crippen LogP contribution in [0.15, 0.2) is 77.4 Å². The summed E-state index contributed by atoms with van der Waals surface area (Å²) in [5.74, 6) is 1.48. The summed E-state index contributed by atoms with van der Waals surface area (Å²) in [5, 5.41) is 4.20. The fraction of sp³-hybridized carbons (Fsp3) is 0.185. The second kappa shape index (κ2) is 8.70. The maximum atomic E-state index is 5.90. The van der Waals surface area contributed by atoms with Gasteiger partial charge in [0.25, 0.3) is 0 Å². The Balaban J connectivity index is 1.51. The van der Waals surface area contributed by atoms with Crippen LogP contribution in [0, 0.1) is 13.8 Å². The van der Waals surface area contributed by atoms with Gasteiger partial charge >= 0.3 is 0 Å². The van der Waals surface area contributed by atoms with Crippen molar-refractivity contribution < 1.29 is 9.47 Å². The Morgan fingerprint density at radius 2 is 1.74 bits per heavy atom. The molecule has 0 aliphatic carbocycles. The highest BCUT2D eigenvalue weighted by atomic mass is 79.9. The number of anilines is 1. The van der Waals surface area contributed by atoms with Crippen LogP contribution in [0.2, 0.25) is 0 Å². The molecule has 8 heteroatoms. The molecule has 2 aliphatic heterocycles. The summed E-state index contributed by atoms with van der Waals surface area (Å²) in [6.07, 6.45) is 1.82. The van der Waals surface area contributed by atoms with Crippen LogP contribution in [-0.4, -0.2) is 21.5 Å². The molecule has 2 aromatic heterocycles. The van der Waals surface area contributed by atoms with Crippen molar-refractivity contribution >= 4 is 38.9 Å². The zero-order valence-corrected chi connectivity index (χ0v) is 21.6. The summed E-state index contributed by atoms with van der Waals surface area (Å²) in [6.45, 7) is 4.54. The molecule has 0 unspecified atom stereocenters. The number of aromatic nitrogens is 2. The Morgan fingerprint density at radius 3 is 2.51 bits per heavy atom. The van der Waals surface area contributed by atoms with E-state index in [4.69, 9.17) is 21.7 Å². The Hall–Kier alpha value is -3.36. The number of halogens is 1. The molecule has 2 aliphatic rings. The number of rotatable bonds is 4. The fourth-order valence-corrected chi connectivity index (χ4v) is 5.67. The molecule has 0 spiro atoms. The fourth-order valence-electron chi connectivity index (χ4n) is 5.06. The van der Waals surface area contributed by atoms with E-state index in [0.717, 1.165) is 44.4 Å². The molecule has 2 atom stereocenters. The van der Waals surface area contributed by atoms with Crippen molar-refractivity contribution in [1.29, 1.82) is 0 Å². The van der Waals surface area contributed by atoms with Gasteiger partial charge in [-0.05, 0) is 86.2 Å². The predicted molar refractivity (Wildman–Crippen MR) is 143 cm³/mol. The molecule has 4 aromatic rings. The van der Waals surface area contributed by atoms with Crippen LogP contribution in [0.5, 0.6) is 11.5 Å². The third-order valence-electron chi connectivity index (χ3n) is 6.61. The van der Waals surface area contributed by atoms with Crippen molar-refractivity contribution in [3.05, 3.63) is 100 Å². The van der Waals surface area contributed by atoms with E-state index in [2.05, 4.69) is 79.9 Å². The van der Waals surface area contributed by atoms with Crippen LogP contribution in [-0.2, 0) is 0 Å². The number of aryl methyl sites for hydroxylation is 1. The maximum absolute atomic E-state index is 5.90. The lowest BCUT2D eigenvalue weighted by atomic mass is 9.96. The largest absolute Gasteiger partial charge is 0.454 e. The van der Waals surface area contributed by atoms with E-state index in [9.17, 15) is 0 Å². The van der Waals surface area contributed by atoms with Gasteiger partial charge in [0.15, 0.2) is 16.6 Å². The lowest BCUT2D eigenvalue weighted by molar-refractivity contribution is 0.174. The van der Waals surface area contributed by atoms with Crippen molar-refractivity contribution in [3.63, 3.8) is 0 Å². The Bertz CT molecular complexity index is 1420. The SMILES string of the molecule is Cc1cc([C@@H]2[C@@H](c3ccccn3)NC(=S)N2c2ccc3c(c2)OCO3)c(C)n1-c1ccc(Br)cc1. The Labute approximate surface area is 217 Å².